The highest BCUT2D eigenvalue weighted by molar-refractivity contribution is 5.60. The van der Waals surface area contributed by atoms with Gasteiger partial charge in [-0.1, -0.05) is 12.8 Å². The van der Waals surface area contributed by atoms with Gasteiger partial charge in [0.25, 0.3) is 6.01 Å². The van der Waals surface area contributed by atoms with Crippen LogP contribution in [0.25, 0.3) is 22.8 Å². The highest BCUT2D eigenvalue weighted by Crippen LogP contribution is 2.36. The van der Waals surface area contributed by atoms with Gasteiger partial charge in [-0.15, -0.1) is 23.4 Å². The van der Waals surface area contributed by atoms with Gasteiger partial charge < -0.3 is 23.8 Å². The molecule has 11 heteroatoms. The third-order valence-corrected chi connectivity index (χ3v) is 8.26. The van der Waals surface area contributed by atoms with E-state index in [-0.39, 0.29) is 11.8 Å². The Balaban J connectivity index is 1.06. The fraction of sp³-hybridized carbons (Fsp3) is 0.452. The summed E-state index contributed by atoms with van der Waals surface area (Å²) in [6.07, 6.45) is 5.00. The van der Waals surface area contributed by atoms with Gasteiger partial charge in [0.1, 0.15) is 5.75 Å². The van der Waals surface area contributed by atoms with Crippen molar-refractivity contribution in [2.75, 3.05) is 23.3 Å². The number of nitrogens with zero attached hydrogens (tertiary/aromatic N) is 4. The molecular weight excluding hydrogens is 547 g/mol. The quantitative estimate of drug-likeness (QED) is 0.225. The zero-order chi connectivity index (χ0) is 29.1. The molecule has 2 aromatic heterocycles. The molecule has 3 heterocycles. The fourth-order valence-electron chi connectivity index (χ4n) is 6.28. The number of ether oxygens (including phenoxy) is 1. The Morgan fingerprint density at radius 3 is 2.43 bits per heavy atom. The second-order valence-electron chi connectivity index (χ2n) is 11.3. The number of hydrogen-bond acceptors (Lipinski definition) is 8. The van der Waals surface area contributed by atoms with E-state index in [1.807, 2.05) is 12.1 Å². The predicted molar refractivity (Wildman–Crippen MR) is 152 cm³/mol. The first-order valence-corrected chi connectivity index (χ1v) is 14.5. The maximum atomic E-state index is 12.5. The average molecular weight is 582 g/mol. The minimum absolute atomic E-state index is 0.264. The molecule has 42 heavy (non-hydrogen) atoms. The molecule has 0 bridgehead atoms. The summed E-state index contributed by atoms with van der Waals surface area (Å²) >= 11 is 0. The van der Waals surface area contributed by atoms with E-state index in [4.69, 9.17) is 8.83 Å². The number of oxazole rings is 1. The van der Waals surface area contributed by atoms with Crippen LogP contribution in [0.1, 0.15) is 50.8 Å². The molecule has 6 rings (SSSR count). The standard InChI is InChI=1S/C31H34F3N5O3/c1-20-37-38-29(40-20)23-8-12-25(13-9-23)39-16-4-5-21(19-39)17-24-6-2-3-7-27(24)36-30-35-18-28(41-30)22-10-14-26(15-11-22)42-31(32,33)34/h8-15,18,21,24,27H,2-7,16-17,19H2,1H3,(H,35,36)/t21-,24+,27-/m1/s1. The van der Waals surface area contributed by atoms with Crippen molar-refractivity contribution in [3.63, 3.8) is 0 Å². The highest BCUT2D eigenvalue weighted by atomic mass is 19.4. The summed E-state index contributed by atoms with van der Waals surface area (Å²) in [5.74, 6) is 2.43. The minimum atomic E-state index is -4.72. The van der Waals surface area contributed by atoms with Crippen LogP contribution in [0, 0.1) is 18.8 Å². The van der Waals surface area contributed by atoms with Gasteiger partial charge in [0.15, 0.2) is 5.76 Å². The molecule has 4 aromatic rings. The van der Waals surface area contributed by atoms with Gasteiger partial charge in [0.2, 0.25) is 11.8 Å². The molecule has 1 saturated carbocycles. The normalized spacial score (nSPS) is 21.3. The molecular formula is C31H34F3N5O3. The van der Waals surface area contributed by atoms with Crippen LogP contribution >= 0.6 is 0 Å². The lowest BCUT2D eigenvalue weighted by Crippen LogP contribution is -2.39. The number of aromatic nitrogens is 3. The Hall–Kier alpha value is -4.02. The molecule has 0 radical (unpaired) electrons. The summed E-state index contributed by atoms with van der Waals surface area (Å²) in [5, 5.41) is 11.6. The van der Waals surface area contributed by atoms with Gasteiger partial charge in [-0.25, -0.2) is 4.98 Å². The molecule has 1 N–H and O–H groups in total. The number of aryl methyl sites for hydroxylation is 1. The van der Waals surface area contributed by atoms with Crippen LogP contribution in [-0.4, -0.2) is 40.7 Å². The van der Waals surface area contributed by atoms with E-state index in [0.29, 0.717) is 41.0 Å². The maximum absolute atomic E-state index is 12.5. The maximum Gasteiger partial charge on any atom is 0.573 e. The van der Waals surface area contributed by atoms with Crippen molar-refractivity contribution in [2.24, 2.45) is 11.8 Å². The molecule has 2 fully saturated rings. The molecule has 0 amide bonds. The lowest BCUT2D eigenvalue weighted by atomic mass is 9.77. The molecule has 222 valence electrons. The van der Waals surface area contributed by atoms with E-state index in [9.17, 15) is 13.2 Å². The summed E-state index contributed by atoms with van der Waals surface area (Å²) in [5.41, 5.74) is 2.77. The molecule has 1 saturated heterocycles. The summed E-state index contributed by atoms with van der Waals surface area (Å²) in [7, 11) is 0. The van der Waals surface area contributed by atoms with E-state index >= 15 is 0 Å². The van der Waals surface area contributed by atoms with Gasteiger partial charge in [0.05, 0.1) is 6.20 Å². The molecule has 0 spiro atoms. The van der Waals surface area contributed by atoms with Crippen LogP contribution in [0.2, 0.25) is 0 Å². The van der Waals surface area contributed by atoms with Crippen molar-refractivity contribution in [1.82, 2.24) is 15.2 Å². The fourth-order valence-corrected chi connectivity index (χ4v) is 6.28. The van der Waals surface area contributed by atoms with Crippen molar-refractivity contribution in [2.45, 2.75) is 64.3 Å². The van der Waals surface area contributed by atoms with Crippen LogP contribution in [0.3, 0.4) is 0 Å². The molecule has 2 aromatic carbocycles. The number of rotatable bonds is 8. The van der Waals surface area contributed by atoms with E-state index in [1.165, 1.54) is 49.2 Å². The zero-order valence-electron chi connectivity index (χ0n) is 23.4. The number of piperidine rings is 1. The summed E-state index contributed by atoms with van der Waals surface area (Å²) in [6, 6.07) is 14.7. The Bertz CT molecular complexity index is 1450. The predicted octanol–water partition coefficient (Wildman–Crippen LogP) is 7.88. The van der Waals surface area contributed by atoms with E-state index in [2.05, 4.69) is 42.3 Å². The van der Waals surface area contributed by atoms with Gasteiger partial charge in [-0.3, -0.25) is 0 Å². The first-order valence-electron chi connectivity index (χ1n) is 14.5. The van der Waals surface area contributed by atoms with Gasteiger partial charge >= 0.3 is 6.36 Å². The first kappa shape index (κ1) is 28.1. The second-order valence-corrected chi connectivity index (χ2v) is 11.3. The Morgan fingerprint density at radius 2 is 1.69 bits per heavy atom. The third kappa shape index (κ3) is 6.88. The SMILES string of the molecule is Cc1nnc(-c2ccc(N3CCC[C@H](C[C@@H]4CCCC[C@H]4Nc4ncc(-c5ccc(OC(F)(F)F)cc5)o4)C3)cc2)o1. The molecule has 0 unspecified atom stereocenters. The number of halogens is 3. The first-order chi connectivity index (χ1) is 20.3. The number of hydrogen-bond donors (Lipinski definition) is 1. The number of anilines is 2. The second kappa shape index (κ2) is 12.1. The monoisotopic (exact) mass is 581 g/mol. The average Bonchev–Trinajstić information content (AvgIpc) is 3.63. The number of nitrogens with one attached hydrogen (secondary N) is 1. The lowest BCUT2D eigenvalue weighted by Gasteiger charge is -2.39. The number of alkyl halides is 3. The molecule has 1 aliphatic carbocycles. The topological polar surface area (TPSA) is 89.5 Å². The summed E-state index contributed by atoms with van der Waals surface area (Å²) in [6.45, 7) is 3.86. The van der Waals surface area contributed by atoms with Gasteiger partial charge in [-0.2, -0.15) is 0 Å². The largest absolute Gasteiger partial charge is 0.573 e. The van der Waals surface area contributed by atoms with Crippen molar-refractivity contribution in [3.05, 3.63) is 60.6 Å². The van der Waals surface area contributed by atoms with Crippen molar-refractivity contribution in [3.8, 4) is 28.5 Å². The summed E-state index contributed by atoms with van der Waals surface area (Å²) < 4.78 is 52.9. The minimum Gasteiger partial charge on any atom is -0.424 e. The van der Waals surface area contributed by atoms with Crippen LogP contribution < -0.4 is 15.0 Å². The summed E-state index contributed by atoms with van der Waals surface area (Å²) in [4.78, 5) is 6.90. The Labute approximate surface area is 242 Å². The van der Waals surface area contributed by atoms with Crippen LogP contribution in [0.5, 0.6) is 5.75 Å². The highest BCUT2D eigenvalue weighted by Gasteiger charge is 2.32. The smallest absolute Gasteiger partial charge is 0.424 e. The van der Waals surface area contributed by atoms with E-state index in [1.54, 1.807) is 13.1 Å². The Morgan fingerprint density at radius 1 is 0.929 bits per heavy atom. The van der Waals surface area contributed by atoms with Crippen LogP contribution in [0.15, 0.2) is 63.6 Å². The lowest BCUT2D eigenvalue weighted by molar-refractivity contribution is -0.274. The zero-order valence-corrected chi connectivity index (χ0v) is 23.4. The van der Waals surface area contributed by atoms with Crippen molar-refractivity contribution < 1.29 is 26.7 Å². The Kier molecular flexibility index (Phi) is 8.08. The molecule has 1 aliphatic heterocycles. The van der Waals surface area contributed by atoms with Gasteiger partial charge in [-0.05, 0) is 92.5 Å². The van der Waals surface area contributed by atoms with Crippen molar-refractivity contribution >= 4 is 11.7 Å². The van der Waals surface area contributed by atoms with Crippen molar-refractivity contribution in [1.29, 1.82) is 0 Å². The van der Waals surface area contributed by atoms with Crippen LogP contribution in [0.4, 0.5) is 24.9 Å². The van der Waals surface area contributed by atoms with E-state index < -0.39 is 6.36 Å². The number of benzene rings is 2. The molecule has 8 nitrogen and oxygen atoms in total. The van der Waals surface area contributed by atoms with Crippen LogP contribution in [-0.2, 0) is 0 Å². The third-order valence-electron chi connectivity index (χ3n) is 8.26. The van der Waals surface area contributed by atoms with E-state index in [0.717, 1.165) is 44.3 Å². The van der Waals surface area contributed by atoms with Gasteiger partial charge in [0, 0.05) is 42.9 Å². The molecule has 2 aliphatic rings. The molecule has 3 atom stereocenters.